The Balaban J connectivity index is 1.63. The zero-order valence-corrected chi connectivity index (χ0v) is 19.0. The first kappa shape index (κ1) is 19.3. The molecule has 0 radical (unpaired) electrons. The average Bonchev–Trinajstić information content (AvgIpc) is 2.91. The predicted octanol–water partition coefficient (Wildman–Crippen LogP) is 6.83. The summed E-state index contributed by atoms with van der Waals surface area (Å²) in [7, 11) is 0. The molecular formula is C34H24. The molecule has 2 aliphatic carbocycles. The molecule has 7 rings (SSSR count). The van der Waals surface area contributed by atoms with Gasteiger partial charge < -0.3 is 0 Å². The normalized spacial score (nSPS) is 14.5. The minimum absolute atomic E-state index is 0.962. The van der Waals surface area contributed by atoms with E-state index in [2.05, 4.69) is 121 Å². The smallest absolute Gasteiger partial charge is 0.00134 e. The van der Waals surface area contributed by atoms with E-state index in [1.54, 1.807) is 0 Å². The first-order chi connectivity index (χ1) is 16.9. The summed E-state index contributed by atoms with van der Waals surface area (Å²) in [6.45, 7) is 0. The van der Waals surface area contributed by atoms with Gasteiger partial charge in [-0.3, -0.25) is 0 Å². The second-order valence-electron chi connectivity index (χ2n) is 9.31. The minimum atomic E-state index is 0.962. The van der Waals surface area contributed by atoms with Crippen molar-refractivity contribution in [1.82, 2.24) is 0 Å². The van der Waals surface area contributed by atoms with E-state index in [1.807, 2.05) is 0 Å². The Bertz CT molecular complexity index is 1600. The topological polar surface area (TPSA) is 0 Å². The molecule has 2 aliphatic rings. The fourth-order valence-electron chi connectivity index (χ4n) is 5.79. The van der Waals surface area contributed by atoms with E-state index < -0.39 is 0 Å². The monoisotopic (exact) mass is 432 g/mol. The van der Waals surface area contributed by atoms with Crippen LogP contribution in [0, 0.1) is 0 Å². The lowest BCUT2D eigenvalue weighted by Gasteiger charge is -2.18. The maximum atomic E-state index is 2.33. The van der Waals surface area contributed by atoms with Crippen LogP contribution in [-0.4, -0.2) is 0 Å². The van der Waals surface area contributed by atoms with Gasteiger partial charge in [-0.2, -0.15) is 0 Å². The Morgan fingerprint density at radius 2 is 0.706 bits per heavy atom. The third kappa shape index (κ3) is 2.99. The fraction of sp³-hybridized carbons (Fsp3) is 0.0588. The fourth-order valence-corrected chi connectivity index (χ4v) is 5.79. The molecule has 5 aromatic carbocycles. The van der Waals surface area contributed by atoms with Gasteiger partial charge in [0.15, 0.2) is 0 Å². The van der Waals surface area contributed by atoms with E-state index >= 15 is 0 Å². The second-order valence-corrected chi connectivity index (χ2v) is 9.31. The molecule has 0 fully saturated rings. The van der Waals surface area contributed by atoms with Crippen LogP contribution in [0.4, 0.5) is 0 Å². The number of hydrogen-bond donors (Lipinski definition) is 0. The maximum Gasteiger partial charge on any atom is -0.00134 e. The lowest BCUT2D eigenvalue weighted by molar-refractivity contribution is 1.26. The summed E-state index contributed by atoms with van der Waals surface area (Å²) in [5.41, 5.74) is 8.26. The van der Waals surface area contributed by atoms with E-state index in [9.17, 15) is 0 Å². The standard InChI is InChI=1S/C34H24/c1-3-11-25-21-27(19-17-23(25)9-1)33-29-13-5-7-15-31(29)34(32-16-8-6-14-30(32)33)28-20-18-24-10-2-4-12-26(24)22-28/h1-20H,21-22H2. The molecular weight excluding hydrogens is 408 g/mol. The van der Waals surface area contributed by atoms with Crippen molar-refractivity contribution in [2.75, 3.05) is 0 Å². The summed E-state index contributed by atoms with van der Waals surface area (Å²) in [6.07, 6.45) is 11.1. The lowest BCUT2D eigenvalue weighted by Crippen LogP contribution is -2.20. The van der Waals surface area contributed by atoms with Crippen LogP contribution in [0.1, 0.15) is 22.3 Å². The molecule has 0 saturated carbocycles. The Hall–Kier alpha value is -4.16. The molecule has 0 atom stereocenters. The highest BCUT2D eigenvalue weighted by atomic mass is 14.2. The molecule has 5 aromatic rings. The van der Waals surface area contributed by atoms with Crippen molar-refractivity contribution >= 4 is 44.8 Å². The molecule has 0 aliphatic heterocycles. The zero-order valence-electron chi connectivity index (χ0n) is 19.0. The van der Waals surface area contributed by atoms with Gasteiger partial charge in [-0.1, -0.05) is 121 Å². The molecule has 0 saturated heterocycles. The SMILES string of the molecule is C1=Cc2ccccc2CC1=c1c2ccccc2c(=C2C=Cc3ccccc3C2)c2ccccc12. The van der Waals surface area contributed by atoms with Gasteiger partial charge >= 0.3 is 0 Å². The van der Waals surface area contributed by atoms with Gasteiger partial charge in [-0.05, 0) is 78.2 Å². The van der Waals surface area contributed by atoms with Crippen LogP contribution in [0.25, 0.3) is 44.8 Å². The predicted molar refractivity (Wildman–Crippen MR) is 146 cm³/mol. The molecule has 0 N–H and O–H groups in total. The van der Waals surface area contributed by atoms with Crippen LogP contribution in [0.2, 0.25) is 0 Å². The van der Waals surface area contributed by atoms with Crippen molar-refractivity contribution < 1.29 is 0 Å². The van der Waals surface area contributed by atoms with Crippen LogP contribution >= 0.6 is 0 Å². The highest BCUT2D eigenvalue weighted by Gasteiger charge is 2.15. The summed E-state index contributed by atoms with van der Waals surface area (Å²) in [6, 6.07) is 35.5. The second kappa shape index (κ2) is 7.71. The molecule has 0 aromatic heterocycles. The molecule has 0 heterocycles. The number of allylic oxidation sites excluding steroid dienone is 2. The molecule has 160 valence electrons. The first-order valence-corrected chi connectivity index (χ1v) is 12.0. The van der Waals surface area contributed by atoms with E-state index in [-0.39, 0.29) is 0 Å². The summed E-state index contributed by atoms with van der Waals surface area (Å²) in [5.74, 6) is 0. The van der Waals surface area contributed by atoms with Crippen molar-refractivity contribution in [3.8, 4) is 0 Å². The number of benzene rings is 5. The third-order valence-electron chi connectivity index (χ3n) is 7.37. The molecule has 0 heteroatoms. The van der Waals surface area contributed by atoms with Gasteiger partial charge in [0.25, 0.3) is 0 Å². The highest BCUT2D eigenvalue weighted by molar-refractivity contribution is 6.04. The highest BCUT2D eigenvalue weighted by Crippen LogP contribution is 2.27. The van der Waals surface area contributed by atoms with Crippen molar-refractivity contribution in [3.63, 3.8) is 0 Å². The summed E-state index contributed by atoms with van der Waals surface area (Å²) >= 11 is 0. The first-order valence-electron chi connectivity index (χ1n) is 12.0. The molecule has 0 spiro atoms. The molecule has 0 nitrogen and oxygen atoms in total. The number of hydrogen-bond acceptors (Lipinski definition) is 0. The van der Waals surface area contributed by atoms with Crippen LogP contribution in [0.15, 0.2) is 109 Å². The van der Waals surface area contributed by atoms with Crippen molar-refractivity contribution in [2.45, 2.75) is 12.8 Å². The van der Waals surface area contributed by atoms with Crippen molar-refractivity contribution in [2.24, 2.45) is 0 Å². The summed E-state index contributed by atoms with van der Waals surface area (Å²) in [4.78, 5) is 0. The third-order valence-corrected chi connectivity index (χ3v) is 7.37. The van der Waals surface area contributed by atoms with E-state index in [1.165, 1.54) is 65.4 Å². The van der Waals surface area contributed by atoms with Crippen molar-refractivity contribution in [1.29, 1.82) is 0 Å². The molecule has 0 amide bonds. The number of fused-ring (bicyclic) bond motifs is 4. The minimum Gasteiger partial charge on any atom is -0.0619 e. The van der Waals surface area contributed by atoms with Crippen molar-refractivity contribution in [3.05, 3.63) is 142 Å². The van der Waals surface area contributed by atoms with E-state index in [0.717, 1.165) is 12.8 Å². The molecule has 0 unspecified atom stereocenters. The average molecular weight is 433 g/mol. The van der Waals surface area contributed by atoms with Gasteiger partial charge in [0.05, 0.1) is 0 Å². The Kier molecular flexibility index (Phi) is 4.38. The Morgan fingerprint density at radius 1 is 0.353 bits per heavy atom. The van der Waals surface area contributed by atoms with E-state index in [0.29, 0.717) is 0 Å². The van der Waals surface area contributed by atoms with Gasteiger partial charge in [-0.25, -0.2) is 0 Å². The Labute approximate surface area is 199 Å². The number of rotatable bonds is 0. The van der Waals surface area contributed by atoms with Crippen LogP contribution in [0.5, 0.6) is 0 Å². The van der Waals surface area contributed by atoms with Gasteiger partial charge in [-0.15, -0.1) is 0 Å². The molecule has 34 heavy (non-hydrogen) atoms. The van der Waals surface area contributed by atoms with Gasteiger partial charge in [0.1, 0.15) is 0 Å². The van der Waals surface area contributed by atoms with Crippen LogP contribution in [0.3, 0.4) is 0 Å². The zero-order chi connectivity index (χ0) is 22.5. The summed E-state index contributed by atoms with van der Waals surface area (Å²) < 4.78 is 0. The lowest BCUT2D eigenvalue weighted by atomic mass is 9.86. The largest absolute Gasteiger partial charge is 0.0619 e. The van der Waals surface area contributed by atoms with Crippen LogP contribution in [-0.2, 0) is 12.8 Å². The van der Waals surface area contributed by atoms with Gasteiger partial charge in [0.2, 0.25) is 0 Å². The maximum absolute atomic E-state index is 2.33. The summed E-state index contributed by atoms with van der Waals surface area (Å²) in [5, 5.41) is 8.12. The quantitative estimate of drug-likeness (QED) is 0.235. The van der Waals surface area contributed by atoms with Gasteiger partial charge in [0, 0.05) is 0 Å². The van der Waals surface area contributed by atoms with E-state index in [4.69, 9.17) is 0 Å². The Morgan fingerprint density at radius 3 is 1.12 bits per heavy atom. The molecule has 0 bridgehead atoms. The van der Waals surface area contributed by atoms with Crippen LogP contribution < -0.4 is 10.4 Å².